The summed E-state index contributed by atoms with van der Waals surface area (Å²) in [5.41, 5.74) is 7.99. The van der Waals surface area contributed by atoms with Gasteiger partial charge in [-0.2, -0.15) is 0 Å². The van der Waals surface area contributed by atoms with E-state index in [9.17, 15) is 9.59 Å². The minimum Gasteiger partial charge on any atom is -0.448 e. The Labute approximate surface area is 174 Å². The Morgan fingerprint density at radius 1 is 0.867 bits per heavy atom. The molecule has 0 radical (unpaired) electrons. The van der Waals surface area contributed by atoms with E-state index in [4.69, 9.17) is 9.57 Å². The highest BCUT2D eigenvalue weighted by atomic mass is 16.6. The Balaban J connectivity index is 1.38. The Kier molecular flexibility index (Phi) is 5.77. The van der Waals surface area contributed by atoms with Crippen LogP contribution in [0.25, 0.3) is 11.1 Å². The predicted molar refractivity (Wildman–Crippen MR) is 114 cm³/mol. The van der Waals surface area contributed by atoms with E-state index in [1.165, 1.54) is 11.1 Å². The maximum absolute atomic E-state index is 12.3. The Hall–Kier alpha value is -3.64. The summed E-state index contributed by atoms with van der Waals surface area (Å²) in [7, 11) is 0. The van der Waals surface area contributed by atoms with Gasteiger partial charge in [0.25, 0.3) is 5.91 Å². The average Bonchev–Trinajstić information content (AvgIpc) is 3.10. The molecule has 3 aromatic carbocycles. The molecule has 152 valence electrons. The zero-order valence-electron chi connectivity index (χ0n) is 16.6. The zero-order chi connectivity index (χ0) is 20.9. The second kappa shape index (κ2) is 8.80. The molecule has 6 nitrogen and oxygen atoms in total. The fraction of sp³-hybridized carbons (Fsp3) is 0.167. The molecule has 30 heavy (non-hydrogen) atoms. The van der Waals surface area contributed by atoms with E-state index >= 15 is 0 Å². The molecule has 3 aromatic rings. The van der Waals surface area contributed by atoms with Crippen molar-refractivity contribution in [1.82, 2.24) is 5.48 Å². The lowest BCUT2D eigenvalue weighted by atomic mass is 9.98. The fourth-order valence-corrected chi connectivity index (χ4v) is 3.65. The van der Waals surface area contributed by atoms with Crippen molar-refractivity contribution in [1.29, 1.82) is 0 Å². The van der Waals surface area contributed by atoms with Crippen molar-refractivity contribution in [2.75, 3.05) is 18.5 Å². The number of carbonyl (C=O) groups excluding carboxylic acids is 2. The van der Waals surface area contributed by atoms with Crippen molar-refractivity contribution in [3.63, 3.8) is 0 Å². The molecule has 0 heterocycles. The minimum absolute atomic E-state index is 0.00721. The van der Waals surface area contributed by atoms with Crippen molar-refractivity contribution in [3.8, 4) is 11.1 Å². The summed E-state index contributed by atoms with van der Waals surface area (Å²) < 4.78 is 5.53. The summed E-state index contributed by atoms with van der Waals surface area (Å²) in [6.07, 6.45) is -0.539. The first kappa shape index (κ1) is 19.7. The zero-order valence-corrected chi connectivity index (χ0v) is 16.6. The molecule has 6 heteroatoms. The molecule has 0 aromatic heterocycles. The Morgan fingerprint density at radius 3 is 2.07 bits per heavy atom. The number of hydrogen-bond acceptors (Lipinski definition) is 4. The first-order chi connectivity index (χ1) is 14.7. The maximum Gasteiger partial charge on any atom is 0.411 e. The van der Waals surface area contributed by atoms with E-state index in [2.05, 4.69) is 35.1 Å². The fourth-order valence-electron chi connectivity index (χ4n) is 3.65. The van der Waals surface area contributed by atoms with Crippen LogP contribution in [0.5, 0.6) is 0 Å². The second-order valence-corrected chi connectivity index (χ2v) is 6.89. The molecule has 0 atom stereocenters. The molecule has 0 aliphatic heterocycles. The van der Waals surface area contributed by atoms with E-state index in [0.29, 0.717) is 17.9 Å². The minimum atomic E-state index is -0.539. The smallest absolute Gasteiger partial charge is 0.411 e. The van der Waals surface area contributed by atoms with Crippen LogP contribution in [0.15, 0.2) is 72.8 Å². The second-order valence-electron chi connectivity index (χ2n) is 6.89. The average molecular weight is 402 g/mol. The molecule has 1 aliphatic carbocycles. The van der Waals surface area contributed by atoms with Crippen LogP contribution in [0.2, 0.25) is 0 Å². The van der Waals surface area contributed by atoms with Crippen LogP contribution in [-0.2, 0) is 9.57 Å². The van der Waals surface area contributed by atoms with Gasteiger partial charge in [0.05, 0.1) is 6.61 Å². The molecule has 2 N–H and O–H groups in total. The van der Waals surface area contributed by atoms with Crippen LogP contribution >= 0.6 is 0 Å². The van der Waals surface area contributed by atoms with Gasteiger partial charge in [-0.05, 0) is 53.4 Å². The molecule has 1 aliphatic rings. The van der Waals surface area contributed by atoms with Crippen molar-refractivity contribution < 1.29 is 19.2 Å². The number of carbonyl (C=O) groups is 2. The number of ether oxygens (including phenoxy) is 1. The normalized spacial score (nSPS) is 12.0. The number of fused-ring (bicyclic) bond motifs is 3. The van der Waals surface area contributed by atoms with Crippen molar-refractivity contribution in [2.45, 2.75) is 12.8 Å². The molecule has 0 fully saturated rings. The highest BCUT2D eigenvalue weighted by Crippen LogP contribution is 2.44. The van der Waals surface area contributed by atoms with Crippen LogP contribution in [0.4, 0.5) is 10.5 Å². The lowest BCUT2D eigenvalue weighted by Gasteiger charge is -2.14. The Morgan fingerprint density at radius 2 is 1.47 bits per heavy atom. The van der Waals surface area contributed by atoms with E-state index in [1.807, 2.05) is 24.3 Å². The summed E-state index contributed by atoms with van der Waals surface area (Å²) in [4.78, 5) is 29.0. The van der Waals surface area contributed by atoms with Crippen molar-refractivity contribution in [2.24, 2.45) is 0 Å². The van der Waals surface area contributed by atoms with Crippen LogP contribution in [0.3, 0.4) is 0 Å². The monoisotopic (exact) mass is 402 g/mol. The predicted octanol–water partition coefficient (Wildman–Crippen LogP) is 4.73. The van der Waals surface area contributed by atoms with Gasteiger partial charge in [0.1, 0.15) is 6.61 Å². The number of anilines is 1. The quantitative estimate of drug-likeness (QED) is 0.585. The van der Waals surface area contributed by atoms with E-state index in [-0.39, 0.29) is 18.4 Å². The number of benzene rings is 3. The maximum atomic E-state index is 12.3. The molecule has 2 amide bonds. The molecular weight excluding hydrogens is 380 g/mol. The largest absolute Gasteiger partial charge is 0.448 e. The Bertz CT molecular complexity index is 1020. The van der Waals surface area contributed by atoms with Crippen molar-refractivity contribution >= 4 is 17.7 Å². The van der Waals surface area contributed by atoms with Crippen LogP contribution in [-0.4, -0.2) is 25.2 Å². The number of nitrogens with one attached hydrogen (secondary N) is 2. The van der Waals surface area contributed by atoms with Gasteiger partial charge in [-0.3, -0.25) is 14.9 Å². The molecule has 0 spiro atoms. The van der Waals surface area contributed by atoms with Gasteiger partial charge in [-0.1, -0.05) is 48.5 Å². The third-order valence-electron chi connectivity index (χ3n) is 5.05. The summed E-state index contributed by atoms with van der Waals surface area (Å²) in [6.45, 7) is 2.41. The number of rotatable bonds is 6. The van der Waals surface area contributed by atoms with Crippen LogP contribution in [0, 0.1) is 0 Å². The van der Waals surface area contributed by atoms with Gasteiger partial charge < -0.3 is 4.74 Å². The van der Waals surface area contributed by atoms with Gasteiger partial charge in [0, 0.05) is 17.2 Å². The molecule has 0 bridgehead atoms. The van der Waals surface area contributed by atoms with Gasteiger partial charge in [-0.15, -0.1) is 0 Å². The van der Waals surface area contributed by atoms with Gasteiger partial charge in [0.15, 0.2) is 0 Å². The van der Waals surface area contributed by atoms with Gasteiger partial charge >= 0.3 is 6.09 Å². The van der Waals surface area contributed by atoms with Crippen molar-refractivity contribution in [3.05, 3.63) is 89.5 Å². The summed E-state index contributed by atoms with van der Waals surface area (Å²) in [5.74, 6) is -0.336. The number of hydroxylamine groups is 1. The lowest BCUT2D eigenvalue weighted by molar-refractivity contribution is 0.0364. The first-order valence-electron chi connectivity index (χ1n) is 9.81. The molecule has 0 unspecified atom stereocenters. The van der Waals surface area contributed by atoms with E-state index in [1.54, 1.807) is 31.2 Å². The molecular formula is C24H22N2O4. The van der Waals surface area contributed by atoms with Gasteiger partial charge in [-0.25, -0.2) is 10.3 Å². The highest BCUT2D eigenvalue weighted by Gasteiger charge is 2.28. The number of hydrogen-bond donors (Lipinski definition) is 2. The van der Waals surface area contributed by atoms with E-state index in [0.717, 1.165) is 11.1 Å². The van der Waals surface area contributed by atoms with E-state index < -0.39 is 6.09 Å². The first-order valence-corrected chi connectivity index (χ1v) is 9.81. The topological polar surface area (TPSA) is 76.7 Å². The SMILES string of the molecule is CCONC(=O)c1ccc(NC(=O)OCC2c3ccccc3-c3ccccc32)cc1. The lowest BCUT2D eigenvalue weighted by Crippen LogP contribution is -2.23. The highest BCUT2D eigenvalue weighted by molar-refractivity contribution is 5.94. The third-order valence-corrected chi connectivity index (χ3v) is 5.05. The summed E-state index contributed by atoms with van der Waals surface area (Å²) in [5, 5.41) is 2.70. The van der Waals surface area contributed by atoms with Gasteiger partial charge in [0.2, 0.25) is 0 Å². The van der Waals surface area contributed by atoms with Crippen LogP contribution in [0.1, 0.15) is 34.3 Å². The van der Waals surface area contributed by atoms with Crippen LogP contribution < -0.4 is 10.8 Å². The third kappa shape index (κ3) is 4.04. The summed E-state index contributed by atoms with van der Waals surface area (Å²) >= 11 is 0. The molecule has 0 saturated carbocycles. The number of amides is 2. The molecule has 4 rings (SSSR count). The molecule has 0 saturated heterocycles. The standard InChI is InChI=1S/C24H22N2O4/c1-2-30-26-23(27)16-11-13-17(14-12-16)25-24(28)29-15-22-20-9-5-3-7-18(20)19-8-4-6-10-21(19)22/h3-14,22H,2,15H2,1H3,(H,25,28)(H,26,27). The summed E-state index contributed by atoms with van der Waals surface area (Å²) in [6, 6.07) is 22.9.